The Morgan fingerprint density at radius 3 is 2.75 bits per heavy atom. The molecule has 1 unspecified atom stereocenters. The zero-order valence-electron chi connectivity index (χ0n) is 8.26. The van der Waals surface area contributed by atoms with E-state index in [0.29, 0.717) is 6.04 Å². The van der Waals surface area contributed by atoms with Gasteiger partial charge in [0.25, 0.3) is 0 Å². The molecule has 0 aliphatic carbocycles. The molecule has 2 heteroatoms. The third-order valence-electron chi connectivity index (χ3n) is 2.64. The summed E-state index contributed by atoms with van der Waals surface area (Å²) in [4.78, 5) is 2.50. The van der Waals surface area contributed by atoms with Crippen LogP contribution >= 0.6 is 0 Å². The number of nitrogens with zero attached hydrogens (tertiary/aromatic N) is 1. The average molecular weight is 170 g/mol. The van der Waals surface area contributed by atoms with Crippen molar-refractivity contribution in [2.45, 2.75) is 45.1 Å². The highest BCUT2D eigenvalue weighted by Crippen LogP contribution is 2.08. The lowest BCUT2D eigenvalue weighted by Crippen LogP contribution is -2.27. The van der Waals surface area contributed by atoms with Gasteiger partial charge in [0.15, 0.2) is 0 Å². The second-order valence-corrected chi connectivity index (χ2v) is 3.91. The standard InChI is InChI=1S/C10H22N2/c1-2-3-4-5-7-12-8-6-10(11)9-12/h10H,2-9,11H2,1H3. The van der Waals surface area contributed by atoms with Crippen LogP contribution in [0.3, 0.4) is 0 Å². The molecule has 0 amide bonds. The van der Waals surface area contributed by atoms with E-state index >= 15 is 0 Å². The van der Waals surface area contributed by atoms with Gasteiger partial charge in [-0.05, 0) is 25.9 Å². The van der Waals surface area contributed by atoms with Gasteiger partial charge in [0.05, 0.1) is 0 Å². The van der Waals surface area contributed by atoms with Crippen molar-refractivity contribution < 1.29 is 0 Å². The van der Waals surface area contributed by atoms with Crippen LogP contribution in [0.5, 0.6) is 0 Å². The van der Waals surface area contributed by atoms with Gasteiger partial charge in [0, 0.05) is 12.6 Å². The molecule has 2 nitrogen and oxygen atoms in total. The lowest BCUT2D eigenvalue weighted by atomic mass is 10.2. The molecule has 0 aromatic carbocycles. The maximum atomic E-state index is 5.81. The Balaban J connectivity index is 1.93. The molecule has 0 aromatic heterocycles. The fourth-order valence-electron chi connectivity index (χ4n) is 1.83. The summed E-state index contributed by atoms with van der Waals surface area (Å²) < 4.78 is 0. The summed E-state index contributed by atoms with van der Waals surface area (Å²) in [7, 11) is 0. The van der Waals surface area contributed by atoms with Gasteiger partial charge < -0.3 is 10.6 Å². The number of rotatable bonds is 5. The van der Waals surface area contributed by atoms with Crippen LogP contribution in [0.25, 0.3) is 0 Å². The monoisotopic (exact) mass is 170 g/mol. The molecule has 0 aromatic rings. The molecule has 0 bridgehead atoms. The van der Waals surface area contributed by atoms with Gasteiger partial charge in [-0.3, -0.25) is 0 Å². The summed E-state index contributed by atoms with van der Waals surface area (Å²) in [6.07, 6.45) is 6.68. The molecule has 1 atom stereocenters. The smallest absolute Gasteiger partial charge is 0.0180 e. The van der Waals surface area contributed by atoms with Crippen LogP contribution < -0.4 is 5.73 Å². The molecule has 0 saturated carbocycles. The summed E-state index contributed by atoms with van der Waals surface area (Å²) in [5.41, 5.74) is 5.81. The SMILES string of the molecule is CCCCCCN1CCC(N)C1. The van der Waals surface area contributed by atoms with Crippen LogP contribution in [0.1, 0.15) is 39.0 Å². The number of hydrogen-bond acceptors (Lipinski definition) is 2. The molecule has 72 valence electrons. The Bertz CT molecular complexity index is 114. The summed E-state index contributed by atoms with van der Waals surface area (Å²) in [6, 6.07) is 0.455. The van der Waals surface area contributed by atoms with Crippen molar-refractivity contribution in [1.29, 1.82) is 0 Å². The predicted molar refractivity (Wildman–Crippen MR) is 53.2 cm³/mol. The van der Waals surface area contributed by atoms with E-state index in [1.807, 2.05) is 0 Å². The quantitative estimate of drug-likeness (QED) is 0.635. The van der Waals surface area contributed by atoms with Gasteiger partial charge in [-0.2, -0.15) is 0 Å². The van der Waals surface area contributed by atoms with E-state index < -0.39 is 0 Å². The molecule has 2 N–H and O–H groups in total. The van der Waals surface area contributed by atoms with Gasteiger partial charge in [0.1, 0.15) is 0 Å². The number of unbranched alkanes of at least 4 members (excludes halogenated alkanes) is 3. The molecule has 1 saturated heterocycles. The highest BCUT2D eigenvalue weighted by molar-refractivity contribution is 4.77. The van der Waals surface area contributed by atoms with Gasteiger partial charge in [0.2, 0.25) is 0 Å². The highest BCUT2D eigenvalue weighted by Gasteiger charge is 2.17. The fourth-order valence-corrected chi connectivity index (χ4v) is 1.83. The van der Waals surface area contributed by atoms with Gasteiger partial charge in [-0.25, -0.2) is 0 Å². The lowest BCUT2D eigenvalue weighted by molar-refractivity contribution is 0.324. The van der Waals surface area contributed by atoms with E-state index in [1.54, 1.807) is 0 Å². The largest absolute Gasteiger partial charge is 0.326 e. The minimum atomic E-state index is 0.455. The molecule has 1 aliphatic heterocycles. The van der Waals surface area contributed by atoms with E-state index in [9.17, 15) is 0 Å². The Labute approximate surface area is 76.1 Å². The van der Waals surface area contributed by atoms with Crippen LogP contribution in [0.2, 0.25) is 0 Å². The first-order valence-corrected chi connectivity index (χ1v) is 5.31. The molecule has 0 spiro atoms. The van der Waals surface area contributed by atoms with Gasteiger partial charge in [-0.15, -0.1) is 0 Å². The van der Waals surface area contributed by atoms with Crippen LogP contribution in [0, 0.1) is 0 Å². The average Bonchev–Trinajstić information content (AvgIpc) is 2.45. The molecular weight excluding hydrogens is 148 g/mol. The van der Waals surface area contributed by atoms with E-state index in [2.05, 4.69) is 11.8 Å². The highest BCUT2D eigenvalue weighted by atomic mass is 15.2. The van der Waals surface area contributed by atoms with Crippen molar-refractivity contribution in [3.05, 3.63) is 0 Å². The van der Waals surface area contributed by atoms with Crippen molar-refractivity contribution in [3.8, 4) is 0 Å². The molecule has 1 fully saturated rings. The molecular formula is C10H22N2. The second-order valence-electron chi connectivity index (χ2n) is 3.91. The predicted octanol–water partition coefficient (Wildman–Crippen LogP) is 1.60. The van der Waals surface area contributed by atoms with E-state index in [-0.39, 0.29) is 0 Å². The van der Waals surface area contributed by atoms with Crippen molar-refractivity contribution in [2.24, 2.45) is 5.73 Å². The summed E-state index contributed by atoms with van der Waals surface area (Å²) in [5, 5.41) is 0. The first-order valence-electron chi connectivity index (χ1n) is 5.31. The first kappa shape index (κ1) is 10.0. The molecule has 1 rings (SSSR count). The maximum Gasteiger partial charge on any atom is 0.0180 e. The first-order chi connectivity index (χ1) is 5.83. The third kappa shape index (κ3) is 3.55. The zero-order valence-corrected chi connectivity index (χ0v) is 8.26. The molecule has 12 heavy (non-hydrogen) atoms. The van der Waals surface area contributed by atoms with Crippen LogP contribution in [0.15, 0.2) is 0 Å². The van der Waals surface area contributed by atoms with Crippen molar-refractivity contribution >= 4 is 0 Å². The summed E-state index contributed by atoms with van der Waals surface area (Å²) >= 11 is 0. The van der Waals surface area contributed by atoms with Crippen molar-refractivity contribution in [2.75, 3.05) is 19.6 Å². The van der Waals surface area contributed by atoms with Gasteiger partial charge in [-0.1, -0.05) is 26.2 Å². The van der Waals surface area contributed by atoms with Crippen molar-refractivity contribution in [3.63, 3.8) is 0 Å². The van der Waals surface area contributed by atoms with Crippen molar-refractivity contribution in [1.82, 2.24) is 4.90 Å². The van der Waals surface area contributed by atoms with Crippen LogP contribution in [-0.4, -0.2) is 30.6 Å². The van der Waals surface area contributed by atoms with E-state index in [4.69, 9.17) is 5.73 Å². The summed E-state index contributed by atoms with van der Waals surface area (Å²) in [6.45, 7) is 5.89. The molecule has 1 heterocycles. The lowest BCUT2D eigenvalue weighted by Gasteiger charge is -2.14. The minimum absolute atomic E-state index is 0.455. The Kier molecular flexibility index (Phi) is 4.62. The molecule has 1 aliphatic rings. The normalized spacial score (nSPS) is 25.0. The van der Waals surface area contributed by atoms with E-state index in [0.717, 1.165) is 6.54 Å². The van der Waals surface area contributed by atoms with Crippen LogP contribution in [0.4, 0.5) is 0 Å². The maximum absolute atomic E-state index is 5.81. The van der Waals surface area contributed by atoms with E-state index in [1.165, 1.54) is 45.2 Å². The van der Waals surface area contributed by atoms with Gasteiger partial charge >= 0.3 is 0 Å². The van der Waals surface area contributed by atoms with Crippen LogP contribution in [-0.2, 0) is 0 Å². The number of likely N-dealkylation sites (tertiary alicyclic amines) is 1. The fraction of sp³-hybridized carbons (Fsp3) is 1.00. The number of hydrogen-bond donors (Lipinski definition) is 1. The Morgan fingerprint density at radius 2 is 2.17 bits per heavy atom. The summed E-state index contributed by atoms with van der Waals surface area (Å²) in [5.74, 6) is 0. The topological polar surface area (TPSA) is 29.3 Å². The minimum Gasteiger partial charge on any atom is -0.326 e. The Hall–Kier alpha value is -0.0800. The third-order valence-corrected chi connectivity index (χ3v) is 2.64. The Morgan fingerprint density at radius 1 is 1.33 bits per heavy atom. The second kappa shape index (κ2) is 5.55. The number of nitrogens with two attached hydrogens (primary N) is 1. The zero-order chi connectivity index (χ0) is 8.81. The molecule has 0 radical (unpaired) electrons.